The first-order valence-corrected chi connectivity index (χ1v) is 10.9. The number of unbranched alkanes of at least 4 members (excludes halogenated alkanes) is 6. The van der Waals surface area contributed by atoms with Gasteiger partial charge in [-0.1, -0.05) is 51.9 Å². The Kier molecular flexibility index (Phi) is 19.7. The summed E-state index contributed by atoms with van der Waals surface area (Å²) in [5, 5.41) is 0. The van der Waals surface area contributed by atoms with E-state index in [4.69, 9.17) is 14.2 Å². The van der Waals surface area contributed by atoms with Gasteiger partial charge in [0.25, 0.3) is 0 Å². The van der Waals surface area contributed by atoms with Crippen LogP contribution in [0.4, 0.5) is 0 Å². The molecule has 0 amide bonds. The maximum absolute atomic E-state index is 6.12. The minimum absolute atomic E-state index is 0.121. The van der Waals surface area contributed by atoms with E-state index >= 15 is 0 Å². The van der Waals surface area contributed by atoms with Crippen molar-refractivity contribution in [1.82, 2.24) is 0 Å². The van der Waals surface area contributed by atoms with E-state index in [1.54, 1.807) is 0 Å². The Morgan fingerprint density at radius 1 is 0.667 bits per heavy atom. The van der Waals surface area contributed by atoms with Gasteiger partial charge in [0, 0.05) is 19.6 Å². The molecule has 0 aromatic carbocycles. The molecule has 0 bridgehead atoms. The van der Waals surface area contributed by atoms with Crippen LogP contribution in [0.15, 0.2) is 0 Å². The molecule has 4 heteroatoms. The molecule has 0 spiro atoms. The number of thiol groups is 1. The topological polar surface area (TPSA) is 27.7 Å². The summed E-state index contributed by atoms with van der Waals surface area (Å²) in [4.78, 5) is 0. The van der Waals surface area contributed by atoms with E-state index in [-0.39, 0.29) is 6.29 Å². The first kappa shape index (κ1) is 24.2. The molecule has 0 heterocycles. The maximum atomic E-state index is 6.12. The van der Waals surface area contributed by atoms with Crippen LogP contribution in [0.25, 0.3) is 0 Å². The van der Waals surface area contributed by atoms with Crippen molar-refractivity contribution in [2.75, 3.05) is 25.6 Å². The fourth-order valence-electron chi connectivity index (χ4n) is 2.88. The Labute approximate surface area is 156 Å². The molecule has 0 N–H and O–H groups in total. The van der Waals surface area contributed by atoms with Crippen molar-refractivity contribution in [3.05, 3.63) is 0 Å². The number of hydrogen-bond donors (Lipinski definition) is 1. The lowest BCUT2D eigenvalue weighted by Gasteiger charge is -2.21. The van der Waals surface area contributed by atoms with Gasteiger partial charge >= 0.3 is 0 Å². The molecule has 1 atom stereocenters. The largest absolute Gasteiger partial charge is 0.378 e. The van der Waals surface area contributed by atoms with Gasteiger partial charge in [0.15, 0.2) is 6.29 Å². The first-order chi connectivity index (χ1) is 11.8. The summed E-state index contributed by atoms with van der Waals surface area (Å²) in [5.41, 5.74) is 0. The summed E-state index contributed by atoms with van der Waals surface area (Å²) in [6.45, 7) is 8.37. The van der Waals surface area contributed by atoms with Crippen molar-refractivity contribution in [1.29, 1.82) is 0 Å². The maximum Gasteiger partial charge on any atom is 0.159 e. The normalized spacial score (nSPS) is 12.9. The smallest absolute Gasteiger partial charge is 0.159 e. The second-order valence-corrected chi connectivity index (χ2v) is 6.84. The summed E-state index contributed by atoms with van der Waals surface area (Å²) in [6, 6.07) is 0. The second-order valence-electron chi connectivity index (χ2n) is 6.40. The molecule has 0 aliphatic rings. The van der Waals surface area contributed by atoms with Crippen LogP contribution in [0.3, 0.4) is 0 Å². The molecule has 3 nitrogen and oxygen atoms in total. The highest BCUT2D eigenvalue weighted by Crippen LogP contribution is 2.16. The van der Waals surface area contributed by atoms with E-state index in [9.17, 15) is 0 Å². The minimum Gasteiger partial charge on any atom is -0.378 e. The van der Waals surface area contributed by atoms with Gasteiger partial charge in [0.2, 0.25) is 0 Å². The fraction of sp³-hybridized carbons (Fsp3) is 1.00. The monoisotopic (exact) mass is 362 g/mol. The SMILES string of the molecule is CCCCCCCCCC(CCCS)OCCC(OCC)OCC. The molecule has 0 aliphatic heterocycles. The quantitative estimate of drug-likeness (QED) is 0.173. The third-order valence-electron chi connectivity index (χ3n) is 4.23. The Morgan fingerprint density at radius 3 is 1.83 bits per heavy atom. The Balaban J connectivity index is 3.86. The lowest BCUT2D eigenvalue weighted by Crippen LogP contribution is -2.22. The van der Waals surface area contributed by atoms with Gasteiger partial charge in [-0.25, -0.2) is 0 Å². The number of rotatable bonds is 19. The van der Waals surface area contributed by atoms with E-state index < -0.39 is 0 Å². The van der Waals surface area contributed by atoms with Crippen molar-refractivity contribution < 1.29 is 14.2 Å². The molecule has 0 saturated carbocycles. The van der Waals surface area contributed by atoms with Crippen molar-refractivity contribution >= 4 is 12.6 Å². The van der Waals surface area contributed by atoms with Crippen LogP contribution >= 0.6 is 12.6 Å². The molecule has 146 valence electrons. The predicted molar refractivity (Wildman–Crippen MR) is 107 cm³/mol. The van der Waals surface area contributed by atoms with Gasteiger partial charge in [-0.05, 0) is 38.9 Å². The molecular weight excluding hydrogens is 320 g/mol. The molecule has 0 aromatic rings. The second kappa shape index (κ2) is 19.6. The Morgan fingerprint density at radius 2 is 1.25 bits per heavy atom. The van der Waals surface area contributed by atoms with Crippen molar-refractivity contribution in [2.24, 2.45) is 0 Å². The molecular formula is C20H42O3S. The highest BCUT2D eigenvalue weighted by Gasteiger charge is 2.12. The number of hydrogen-bond acceptors (Lipinski definition) is 4. The summed E-state index contributed by atoms with van der Waals surface area (Å²) in [7, 11) is 0. The third-order valence-corrected chi connectivity index (χ3v) is 4.54. The van der Waals surface area contributed by atoms with E-state index in [0.29, 0.717) is 19.3 Å². The van der Waals surface area contributed by atoms with E-state index in [0.717, 1.165) is 31.6 Å². The summed E-state index contributed by atoms with van der Waals surface area (Å²) >= 11 is 4.34. The lowest BCUT2D eigenvalue weighted by atomic mass is 10.0. The fourth-order valence-corrected chi connectivity index (χ4v) is 3.06. The minimum atomic E-state index is -0.121. The van der Waals surface area contributed by atoms with Gasteiger partial charge in [-0.2, -0.15) is 12.6 Å². The summed E-state index contributed by atoms with van der Waals surface area (Å²) in [5.74, 6) is 0.942. The van der Waals surface area contributed by atoms with Gasteiger partial charge in [-0.15, -0.1) is 0 Å². The molecule has 0 rings (SSSR count). The van der Waals surface area contributed by atoms with Crippen molar-refractivity contribution in [3.63, 3.8) is 0 Å². The molecule has 0 aromatic heterocycles. The zero-order valence-electron chi connectivity index (χ0n) is 16.4. The summed E-state index contributed by atoms with van der Waals surface area (Å²) in [6.07, 6.45) is 14.0. The molecule has 0 radical (unpaired) electrons. The zero-order chi connectivity index (χ0) is 17.9. The van der Waals surface area contributed by atoms with E-state index in [1.807, 2.05) is 13.8 Å². The third kappa shape index (κ3) is 15.7. The number of ether oxygens (including phenoxy) is 3. The van der Waals surface area contributed by atoms with Crippen LogP contribution in [0.5, 0.6) is 0 Å². The molecule has 24 heavy (non-hydrogen) atoms. The first-order valence-electron chi connectivity index (χ1n) is 10.2. The molecule has 1 unspecified atom stereocenters. The lowest BCUT2D eigenvalue weighted by molar-refractivity contribution is -0.149. The van der Waals surface area contributed by atoms with Crippen LogP contribution in [0.2, 0.25) is 0 Å². The highest BCUT2D eigenvalue weighted by molar-refractivity contribution is 7.80. The van der Waals surface area contributed by atoms with Crippen LogP contribution < -0.4 is 0 Å². The Hall–Kier alpha value is 0.230. The highest BCUT2D eigenvalue weighted by atomic mass is 32.1. The van der Waals surface area contributed by atoms with Crippen molar-refractivity contribution in [3.8, 4) is 0 Å². The van der Waals surface area contributed by atoms with Crippen LogP contribution in [-0.4, -0.2) is 38.0 Å². The average Bonchev–Trinajstić information content (AvgIpc) is 2.58. The van der Waals surface area contributed by atoms with Crippen LogP contribution in [0.1, 0.15) is 91.4 Å². The van der Waals surface area contributed by atoms with Crippen molar-refractivity contribution in [2.45, 2.75) is 104 Å². The van der Waals surface area contributed by atoms with Gasteiger partial charge in [-0.3, -0.25) is 0 Å². The predicted octanol–water partition coefficient (Wildman–Crippen LogP) is 6.01. The van der Waals surface area contributed by atoms with E-state index in [1.165, 1.54) is 51.4 Å². The van der Waals surface area contributed by atoms with Gasteiger partial charge in [0.1, 0.15) is 0 Å². The van der Waals surface area contributed by atoms with Crippen LogP contribution in [-0.2, 0) is 14.2 Å². The molecule has 0 fully saturated rings. The summed E-state index contributed by atoms with van der Waals surface area (Å²) < 4.78 is 17.3. The Bertz CT molecular complexity index is 233. The molecule has 0 saturated heterocycles. The molecule has 0 aliphatic carbocycles. The standard InChI is InChI=1S/C20H42O3S/c1-4-7-8-9-10-11-12-14-19(15-13-18-24)23-17-16-20(21-5-2)22-6-3/h19-20,24H,4-18H2,1-3H3. The average molecular weight is 363 g/mol. The zero-order valence-corrected chi connectivity index (χ0v) is 17.3. The van der Waals surface area contributed by atoms with Gasteiger partial charge < -0.3 is 14.2 Å². The van der Waals surface area contributed by atoms with Gasteiger partial charge in [0.05, 0.1) is 12.7 Å². The van der Waals surface area contributed by atoms with E-state index in [2.05, 4.69) is 19.6 Å². The van der Waals surface area contributed by atoms with Crippen LogP contribution in [0, 0.1) is 0 Å².